The van der Waals surface area contributed by atoms with Gasteiger partial charge in [-0.05, 0) is 59.7 Å². The molecule has 1 aliphatic rings. The first-order chi connectivity index (χ1) is 25.3. The Morgan fingerprint density at radius 3 is 1.60 bits per heavy atom. The zero-order valence-electron chi connectivity index (χ0n) is 27.6. The Bertz CT molecular complexity index is 2150. The number of hydrogen-bond acceptors (Lipinski definition) is 9. The number of benzene rings is 5. The van der Waals surface area contributed by atoms with E-state index < -0.39 is 58.0 Å². The summed E-state index contributed by atoms with van der Waals surface area (Å²) >= 11 is 0. The van der Waals surface area contributed by atoms with Crippen LogP contribution in [0.1, 0.15) is 59.0 Å². The van der Waals surface area contributed by atoms with Crippen LogP contribution in [0.5, 0.6) is 11.5 Å². The minimum atomic E-state index is -4.99. The highest BCUT2D eigenvalue weighted by atomic mass is 19.4. The standard InChI is InChI=1S/C23H15NO6.C17H13F3O3/c25-21(15-9-11-16(12-10-15)30-13-14-5-2-1-3-6-14)20-22(26)17-7-4-8-18(24(28)29)19(17)23(20)27;18-17(19,20)16(22)10-15(21)13-6-8-14(9-7-13)23-11-12-4-2-1-3-5-12/h1-12,20H,13H2;1-9H,10-11H2. The summed E-state index contributed by atoms with van der Waals surface area (Å²) in [6, 6.07) is 34.5. The molecule has 5 aromatic rings. The van der Waals surface area contributed by atoms with E-state index in [0.29, 0.717) is 24.7 Å². The molecule has 0 bridgehead atoms. The van der Waals surface area contributed by atoms with Gasteiger partial charge in [0.15, 0.2) is 23.1 Å². The lowest BCUT2D eigenvalue weighted by molar-refractivity contribution is -0.385. The normalized spacial score (nSPS) is 13.3. The summed E-state index contributed by atoms with van der Waals surface area (Å²) in [6.07, 6.45) is -6.18. The molecule has 0 saturated carbocycles. The third kappa shape index (κ3) is 9.33. The highest BCUT2D eigenvalue weighted by Crippen LogP contribution is 2.35. The van der Waals surface area contributed by atoms with Crippen LogP contribution in [0.2, 0.25) is 0 Å². The number of nitro groups is 1. The van der Waals surface area contributed by atoms with E-state index in [1.807, 2.05) is 60.7 Å². The SMILES string of the molecule is O=C(CC(=O)C(F)(F)F)c1ccc(OCc2ccccc2)cc1.O=C(c1ccc(OCc2ccccc2)cc1)C1C(=O)c2cccc([N+](=O)[O-])c2C1=O. The molecule has 0 radical (unpaired) electrons. The van der Waals surface area contributed by atoms with Gasteiger partial charge in [-0.2, -0.15) is 13.2 Å². The molecule has 1 atom stereocenters. The van der Waals surface area contributed by atoms with Crippen molar-refractivity contribution in [3.8, 4) is 11.5 Å². The van der Waals surface area contributed by atoms with Crippen LogP contribution in [0.25, 0.3) is 0 Å². The molecule has 6 rings (SSSR count). The topological polar surface area (TPSA) is 147 Å². The second-order valence-electron chi connectivity index (χ2n) is 11.6. The minimum Gasteiger partial charge on any atom is -0.489 e. The fraction of sp³-hybridized carbons (Fsp3) is 0.125. The highest BCUT2D eigenvalue weighted by molar-refractivity contribution is 6.38. The van der Waals surface area contributed by atoms with Crippen molar-refractivity contribution in [2.24, 2.45) is 5.92 Å². The Kier molecular flexibility index (Phi) is 11.7. The zero-order chi connectivity index (χ0) is 38.1. The van der Waals surface area contributed by atoms with Gasteiger partial charge in [0.05, 0.1) is 11.3 Å². The number of halogens is 3. The van der Waals surface area contributed by atoms with Gasteiger partial charge in [-0.25, -0.2) is 0 Å². The number of fused-ring (bicyclic) bond motifs is 1. The van der Waals surface area contributed by atoms with E-state index >= 15 is 0 Å². The van der Waals surface area contributed by atoms with Crippen molar-refractivity contribution in [2.45, 2.75) is 25.8 Å². The van der Waals surface area contributed by atoms with E-state index in [9.17, 15) is 47.3 Å². The van der Waals surface area contributed by atoms with Gasteiger partial charge in [0.2, 0.25) is 5.78 Å². The maximum absolute atomic E-state index is 12.9. The third-order valence-corrected chi connectivity index (χ3v) is 7.99. The van der Waals surface area contributed by atoms with Crippen LogP contribution in [0.15, 0.2) is 127 Å². The summed E-state index contributed by atoms with van der Waals surface area (Å²) in [5.41, 5.74) is 1.29. The number of carbonyl (C=O) groups is 5. The van der Waals surface area contributed by atoms with E-state index in [-0.39, 0.29) is 22.3 Å². The monoisotopic (exact) mass is 723 g/mol. The van der Waals surface area contributed by atoms with Gasteiger partial charge in [-0.1, -0.05) is 72.8 Å². The Morgan fingerprint density at radius 1 is 0.642 bits per heavy atom. The average Bonchev–Trinajstić information content (AvgIpc) is 3.42. The number of alkyl halides is 3. The largest absolute Gasteiger partial charge is 0.489 e. The number of rotatable bonds is 12. The molecular formula is C40H28F3NO9. The lowest BCUT2D eigenvalue weighted by Crippen LogP contribution is -2.25. The second kappa shape index (κ2) is 16.5. The van der Waals surface area contributed by atoms with Crippen LogP contribution < -0.4 is 9.47 Å². The van der Waals surface area contributed by atoms with Crippen LogP contribution in [0, 0.1) is 16.0 Å². The molecule has 0 saturated heterocycles. The van der Waals surface area contributed by atoms with Crippen molar-refractivity contribution in [1.82, 2.24) is 0 Å². The average molecular weight is 724 g/mol. The number of ether oxygens (including phenoxy) is 2. The van der Waals surface area contributed by atoms with Crippen molar-refractivity contribution >= 4 is 34.6 Å². The Hall–Kier alpha value is -6.76. The van der Waals surface area contributed by atoms with Crippen molar-refractivity contribution in [3.05, 3.63) is 171 Å². The van der Waals surface area contributed by atoms with Crippen LogP contribution in [0.4, 0.5) is 18.9 Å². The molecular weight excluding hydrogens is 695 g/mol. The highest BCUT2D eigenvalue weighted by Gasteiger charge is 2.47. The van der Waals surface area contributed by atoms with Gasteiger partial charge >= 0.3 is 6.18 Å². The molecule has 268 valence electrons. The van der Waals surface area contributed by atoms with E-state index in [1.54, 1.807) is 12.1 Å². The summed E-state index contributed by atoms with van der Waals surface area (Å²) in [4.78, 5) is 71.1. The molecule has 5 aromatic carbocycles. The zero-order valence-corrected chi connectivity index (χ0v) is 27.6. The van der Waals surface area contributed by atoms with Gasteiger partial charge in [-0.3, -0.25) is 34.1 Å². The molecule has 1 unspecified atom stereocenters. The molecule has 10 nitrogen and oxygen atoms in total. The van der Waals surface area contributed by atoms with Crippen LogP contribution >= 0.6 is 0 Å². The van der Waals surface area contributed by atoms with E-state index in [1.165, 1.54) is 48.5 Å². The summed E-state index contributed by atoms with van der Waals surface area (Å²) in [5.74, 6) is -5.76. The molecule has 0 amide bonds. The lowest BCUT2D eigenvalue weighted by atomic mass is 9.93. The van der Waals surface area contributed by atoms with Gasteiger partial charge in [-0.15, -0.1) is 0 Å². The number of ketones is 5. The Balaban J connectivity index is 0.000000212. The van der Waals surface area contributed by atoms with Crippen LogP contribution in [0.3, 0.4) is 0 Å². The fourth-order valence-electron chi connectivity index (χ4n) is 5.26. The quantitative estimate of drug-likeness (QED) is 0.0540. The molecule has 13 heteroatoms. The van der Waals surface area contributed by atoms with Crippen molar-refractivity contribution in [2.75, 3.05) is 0 Å². The van der Waals surface area contributed by atoms with E-state index in [2.05, 4.69) is 0 Å². The summed E-state index contributed by atoms with van der Waals surface area (Å²) in [6.45, 7) is 0.688. The molecule has 0 N–H and O–H groups in total. The number of carbonyl (C=O) groups excluding carboxylic acids is 5. The number of nitrogens with zero attached hydrogens (tertiary/aromatic N) is 1. The number of nitro benzene ring substituents is 1. The maximum atomic E-state index is 12.9. The summed E-state index contributed by atoms with van der Waals surface area (Å²) < 4.78 is 47.6. The first-order valence-corrected chi connectivity index (χ1v) is 15.9. The Labute approximate surface area is 299 Å². The van der Waals surface area contributed by atoms with Gasteiger partial charge in [0, 0.05) is 22.8 Å². The lowest BCUT2D eigenvalue weighted by Gasteiger charge is -2.09. The summed E-state index contributed by atoms with van der Waals surface area (Å²) in [7, 11) is 0. The third-order valence-electron chi connectivity index (χ3n) is 7.99. The predicted molar refractivity (Wildman–Crippen MR) is 184 cm³/mol. The Morgan fingerprint density at radius 2 is 1.13 bits per heavy atom. The first-order valence-electron chi connectivity index (χ1n) is 15.9. The van der Waals surface area contributed by atoms with Crippen LogP contribution in [-0.4, -0.2) is 40.0 Å². The fourth-order valence-corrected chi connectivity index (χ4v) is 5.26. The van der Waals surface area contributed by atoms with Gasteiger partial charge in [0.1, 0.15) is 36.2 Å². The molecule has 0 heterocycles. The molecule has 1 aliphatic carbocycles. The smallest absolute Gasteiger partial charge is 0.450 e. The van der Waals surface area contributed by atoms with Crippen molar-refractivity contribution in [1.29, 1.82) is 0 Å². The van der Waals surface area contributed by atoms with Gasteiger partial charge in [0.25, 0.3) is 5.69 Å². The second-order valence-corrected chi connectivity index (χ2v) is 11.6. The molecule has 53 heavy (non-hydrogen) atoms. The molecule has 0 spiro atoms. The van der Waals surface area contributed by atoms with Gasteiger partial charge < -0.3 is 9.47 Å². The molecule has 0 aromatic heterocycles. The van der Waals surface area contributed by atoms with E-state index in [0.717, 1.165) is 17.2 Å². The van der Waals surface area contributed by atoms with Crippen LogP contribution in [-0.2, 0) is 18.0 Å². The van der Waals surface area contributed by atoms with Crippen molar-refractivity contribution < 1.29 is 51.5 Å². The van der Waals surface area contributed by atoms with Crippen molar-refractivity contribution in [3.63, 3.8) is 0 Å². The first kappa shape index (κ1) is 37.5. The van der Waals surface area contributed by atoms with E-state index in [4.69, 9.17) is 9.47 Å². The number of Topliss-reactive ketones (excluding diaryl/α,β-unsaturated/α-hetero) is 5. The minimum absolute atomic E-state index is 0.0367. The predicted octanol–water partition coefficient (Wildman–Crippen LogP) is 8.02. The molecule has 0 fully saturated rings. The molecule has 0 aliphatic heterocycles. The maximum Gasteiger partial charge on any atom is 0.450 e. The summed E-state index contributed by atoms with van der Waals surface area (Å²) in [5, 5.41) is 11.2. The number of hydrogen-bond donors (Lipinski definition) is 0.